The second kappa shape index (κ2) is 11.6. The van der Waals surface area contributed by atoms with Gasteiger partial charge in [-0.05, 0) is 80.3 Å². The molecule has 2 aliphatic heterocycles. The van der Waals surface area contributed by atoms with Crippen molar-refractivity contribution in [1.82, 2.24) is 20.0 Å². The number of carbonyl (C=O) groups is 4. The van der Waals surface area contributed by atoms with E-state index >= 15 is 0 Å². The molecule has 0 bridgehead atoms. The molecule has 4 amide bonds. The average Bonchev–Trinajstić information content (AvgIpc) is 3.90. The molecule has 1 N–H and O–H groups in total. The number of nitrogens with zero attached hydrogens (tertiary/aromatic N) is 4. The Hall–Kier alpha value is -5.00. The standard InChI is InChI=1S/C37H37N5O6/c1-6-31(38-20(4)39-34(43)27-12-8-10-25-30(42(47)48)18-17-29(33(25)27)35(39)44)40(22-13-14-22)21(5)41-36(45)26-11-7-9-24-23(19(2)3)15-16-28(32(24)26)37(41)46/h7-12,15-22,31,38H,6,13-14H2,1-5H3. The summed E-state index contributed by atoms with van der Waals surface area (Å²) in [6.45, 7) is 9.74. The zero-order valence-electron chi connectivity index (χ0n) is 27.5. The lowest BCUT2D eigenvalue weighted by molar-refractivity contribution is -0.383. The molecular weight excluding hydrogens is 610 g/mol. The molecule has 4 aromatic rings. The Morgan fingerprint density at radius 1 is 0.771 bits per heavy atom. The zero-order chi connectivity index (χ0) is 34.2. The van der Waals surface area contributed by atoms with Gasteiger partial charge in [-0.3, -0.25) is 49.3 Å². The summed E-state index contributed by atoms with van der Waals surface area (Å²) in [7, 11) is 0. The Morgan fingerprint density at radius 2 is 1.29 bits per heavy atom. The number of rotatable bonds is 10. The third-order valence-electron chi connectivity index (χ3n) is 10.0. The van der Waals surface area contributed by atoms with Gasteiger partial charge in [-0.1, -0.05) is 45.0 Å². The summed E-state index contributed by atoms with van der Waals surface area (Å²) in [6, 6.07) is 16.9. The van der Waals surface area contributed by atoms with Crippen molar-refractivity contribution in [2.75, 3.05) is 0 Å². The molecule has 3 atom stereocenters. The minimum absolute atomic E-state index is 0.0912. The number of carbonyl (C=O) groups excluding carboxylic acids is 4. The van der Waals surface area contributed by atoms with Crippen LogP contribution in [0.4, 0.5) is 5.69 Å². The number of amides is 4. The van der Waals surface area contributed by atoms with E-state index in [0.29, 0.717) is 22.9 Å². The van der Waals surface area contributed by atoms with Crippen LogP contribution < -0.4 is 5.32 Å². The Kier molecular flexibility index (Phi) is 7.64. The molecule has 48 heavy (non-hydrogen) atoms. The van der Waals surface area contributed by atoms with Crippen LogP contribution in [0.5, 0.6) is 0 Å². The van der Waals surface area contributed by atoms with Gasteiger partial charge in [-0.2, -0.15) is 0 Å². The molecule has 0 radical (unpaired) electrons. The normalized spacial score (nSPS) is 18.0. The number of nitro groups is 1. The summed E-state index contributed by atoms with van der Waals surface area (Å²) in [5, 5.41) is 17.3. The average molecular weight is 648 g/mol. The van der Waals surface area contributed by atoms with Crippen molar-refractivity contribution in [3.63, 3.8) is 0 Å². The van der Waals surface area contributed by atoms with Gasteiger partial charge in [0, 0.05) is 45.1 Å². The topological polar surface area (TPSA) is 133 Å². The van der Waals surface area contributed by atoms with Crippen LogP contribution in [0, 0.1) is 10.1 Å². The van der Waals surface area contributed by atoms with Gasteiger partial charge in [0.2, 0.25) is 0 Å². The number of hydrogen-bond acceptors (Lipinski definition) is 8. The fraction of sp³-hybridized carbons (Fsp3) is 0.351. The monoisotopic (exact) mass is 647 g/mol. The molecule has 2 heterocycles. The van der Waals surface area contributed by atoms with E-state index in [2.05, 4.69) is 24.1 Å². The zero-order valence-corrected chi connectivity index (χ0v) is 27.5. The van der Waals surface area contributed by atoms with Crippen LogP contribution in [0.1, 0.15) is 107 Å². The summed E-state index contributed by atoms with van der Waals surface area (Å²) in [4.78, 5) is 71.8. The highest BCUT2D eigenvalue weighted by Gasteiger charge is 2.46. The highest BCUT2D eigenvalue weighted by molar-refractivity contribution is 6.27. The van der Waals surface area contributed by atoms with Gasteiger partial charge in [-0.15, -0.1) is 0 Å². The summed E-state index contributed by atoms with van der Waals surface area (Å²) in [6.07, 6.45) is 0.509. The third kappa shape index (κ3) is 4.71. The highest BCUT2D eigenvalue weighted by Crippen LogP contribution is 2.39. The maximum absolute atomic E-state index is 14.1. The van der Waals surface area contributed by atoms with E-state index in [1.54, 1.807) is 31.2 Å². The summed E-state index contributed by atoms with van der Waals surface area (Å²) < 4.78 is 0. The minimum Gasteiger partial charge on any atom is -0.281 e. The van der Waals surface area contributed by atoms with Crippen molar-refractivity contribution < 1.29 is 24.1 Å². The molecule has 1 saturated carbocycles. The summed E-state index contributed by atoms with van der Waals surface area (Å²) >= 11 is 0. The van der Waals surface area contributed by atoms with Gasteiger partial charge < -0.3 is 0 Å². The summed E-state index contributed by atoms with van der Waals surface area (Å²) in [5.41, 5.74) is 2.35. The number of nitrogens with one attached hydrogen (secondary N) is 1. The lowest BCUT2D eigenvalue weighted by Gasteiger charge is -2.44. The van der Waals surface area contributed by atoms with E-state index in [1.807, 2.05) is 38.1 Å². The molecule has 3 aliphatic rings. The first-order chi connectivity index (χ1) is 23.0. The summed E-state index contributed by atoms with van der Waals surface area (Å²) in [5.74, 6) is -1.57. The molecular formula is C37H37N5O6. The van der Waals surface area contributed by atoms with Gasteiger partial charge in [0.25, 0.3) is 29.3 Å². The molecule has 7 rings (SSSR count). The maximum Gasteiger partial charge on any atom is 0.277 e. The van der Waals surface area contributed by atoms with E-state index in [4.69, 9.17) is 0 Å². The largest absolute Gasteiger partial charge is 0.281 e. The van der Waals surface area contributed by atoms with Crippen LogP contribution in [-0.2, 0) is 0 Å². The van der Waals surface area contributed by atoms with Crippen LogP contribution >= 0.6 is 0 Å². The highest BCUT2D eigenvalue weighted by atomic mass is 16.6. The predicted octanol–water partition coefficient (Wildman–Crippen LogP) is 6.40. The fourth-order valence-electron chi connectivity index (χ4n) is 7.68. The van der Waals surface area contributed by atoms with E-state index in [-0.39, 0.29) is 51.4 Å². The SMILES string of the molecule is CCC(NC(C)N1C(=O)c2cccc3c([N+](=O)[O-])ccc(c23)C1=O)N(C1CC1)C(C)N1C(=O)c2cccc3c(C(C)C)ccc(c23)C1=O. The maximum atomic E-state index is 14.1. The second-order valence-corrected chi connectivity index (χ2v) is 13.2. The van der Waals surface area contributed by atoms with Gasteiger partial charge in [0.1, 0.15) is 0 Å². The number of non-ortho nitro benzene ring substituents is 1. The molecule has 11 nitrogen and oxygen atoms in total. The van der Waals surface area contributed by atoms with E-state index in [1.165, 1.54) is 17.0 Å². The van der Waals surface area contributed by atoms with Crippen LogP contribution in [0.3, 0.4) is 0 Å². The van der Waals surface area contributed by atoms with Gasteiger partial charge in [-0.25, -0.2) is 0 Å². The molecule has 0 saturated heterocycles. The second-order valence-electron chi connectivity index (χ2n) is 13.2. The lowest BCUT2D eigenvalue weighted by atomic mass is 9.88. The first-order valence-corrected chi connectivity index (χ1v) is 16.5. The predicted molar refractivity (Wildman–Crippen MR) is 181 cm³/mol. The van der Waals surface area contributed by atoms with Crippen LogP contribution in [0.15, 0.2) is 60.7 Å². The van der Waals surface area contributed by atoms with Gasteiger partial charge in [0.05, 0.1) is 28.8 Å². The van der Waals surface area contributed by atoms with Crippen molar-refractivity contribution in [3.05, 3.63) is 98.6 Å². The number of hydrogen-bond donors (Lipinski definition) is 1. The molecule has 0 aromatic heterocycles. The molecule has 0 spiro atoms. The van der Waals surface area contributed by atoms with Gasteiger partial charge >= 0.3 is 0 Å². The Labute approximate surface area is 277 Å². The fourth-order valence-corrected chi connectivity index (χ4v) is 7.68. The van der Waals surface area contributed by atoms with Crippen LogP contribution in [0.2, 0.25) is 0 Å². The smallest absolute Gasteiger partial charge is 0.277 e. The molecule has 1 fully saturated rings. The molecule has 1 aliphatic carbocycles. The van der Waals surface area contributed by atoms with Crippen molar-refractivity contribution in [1.29, 1.82) is 0 Å². The molecule has 3 unspecified atom stereocenters. The van der Waals surface area contributed by atoms with Crippen molar-refractivity contribution >= 4 is 50.9 Å². The van der Waals surface area contributed by atoms with E-state index in [9.17, 15) is 29.3 Å². The van der Waals surface area contributed by atoms with Crippen LogP contribution in [0.25, 0.3) is 21.5 Å². The number of benzene rings is 4. The number of nitro benzene ring substituents is 1. The lowest BCUT2D eigenvalue weighted by Crippen LogP contribution is -2.63. The van der Waals surface area contributed by atoms with Crippen molar-refractivity contribution in [2.24, 2.45) is 0 Å². The quantitative estimate of drug-likeness (QED) is 0.0905. The molecule has 11 heteroatoms. The minimum atomic E-state index is -0.779. The van der Waals surface area contributed by atoms with Crippen LogP contribution in [-0.4, -0.2) is 67.8 Å². The van der Waals surface area contributed by atoms with Crippen molar-refractivity contribution in [2.45, 2.75) is 84.3 Å². The Morgan fingerprint density at radius 3 is 1.83 bits per heavy atom. The molecule has 4 aromatic carbocycles. The first-order valence-electron chi connectivity index (χ1n) is 16.5. The van der Waals surface area contributed by atoms with E-state index in [0.717, 1.165) is 28.7 Å². The van der Waals surface area contributed by atoms with E-state index < -0.39 is 35.2 Å². The van der Waals surface area contributed by atoms with Gasteiger partial charge in [0.15, 0.2) is 0 Å². The molecule has 246 valence electrons. The third-order valence-corrected chi connectivity index (χ3v) is 10.0. The Balaban J connectivity index is 1.19. The number of imide groups is 2. The Bertz CT molecular complexity index is 2030. The first kappa shape index (κ1) is 31.6. The van der Waals surface area contributed by atoms with Crippen molar-refractivity contribution in [3.8, 4) is 0 Å².